The lowest BCUT2D eigenvalue weighted by molar-refractivity contribution is 0.415. The highest BCUT2D eigenvalue weighted by atomic mass is 16.5. The van der Waals surface area contributed by atoms with Crippen molar-refractivity contribution in [3.63, 3.8) is 0 Å². The van der Waals surface area contributed by atoms with Crippen molar-refractivity contribution in [1.82, 2.24) is 15.4 Å². The Balaban J connectivity index is 2.16. The smallest absolute Gasteiger partial charge is 0.243 e. The van der Waals surface area contributed by atoms with Crippen LogP contribution in [0.5, 0.6) is 11.6 Å². The highest BCUT2D eigenvalue weighted by Crippen LogP contribution is 2.35. The molecular weight excluding hydrogens is 266 g/mol. The zero-order chi connectivity index (χ0) is 14.7. The van der Waals surface area contributed by atoms with Crippen molar-refractivity contribution in [2.75, 3.05) is 7.11 Å². The normalized spacial score (nSPS) is 10.3. The molecule has 0 amide bonds. The maximum Gasteiger partial charge on any atom is 0.243 e. The zero-order valence-electron chi connectivity index (χ0n) is 11.4. The van der Waals surface area contributed by atoms with Gasteiger partial charge < -0.3 is 9.84 Å². The number of nitrogens with zero attached hydrogens (tertiary/aromatic N) is 3. The first-order chi connectivity index (χ1) is 10.3. The van der Waals surface area contributed by atoms with Crippen LogP contribution in [0.1, 0.15) is 0 Å². The van der Waals surface area contributed by atoms with E-state index in [4.69, 9.17) is 4.74 Å². The Bertz CT molecular complexity index is 743. The number of hydrogen-bond acceptors (Lipinski definition) is 5. The molecule has 0 saturated carbocycles. The summed E-state index contributed by atoms with van der Waals surface area (Å²) in [5, 5.41) is 21.4. The van der Waals surface area contributed by atoms with Crippen LogP contribution < -0.4 is 4.74 Å². The van der Waals surface area contributed by atoms with Gasteiger partial charge in [-0.05, 0) is 35.0 Å². The Hall–Kier alpha value is -2.95. The van der Waals surface area contributed by atoms with Crippen molar-refractivity contribution in [1.29, 1.82) is 0 Å². The van der Waals surface area contributed by atoms with E-state index in [1.807, 2.05) is 54.6 Å². The summed E-state index contributed by atoms with van der Waals surface area (Å²) in [6.07, 6.45) is 0. The minimum absolute atomic E-state index is 0.137. The Morgan fingerprint density at radius 3 is 2.24 bits per heavy atom. The van der Waals surface area contributed by atoms with Crippen LogP contribution in [-0.2, 0) is 0 Å². The highest BCUT2D eigenvalue weighted by molar-refractivity contribution is 5.83. The molecule has 0 bridgehead atoms. The van der Waals surface area contributed by atoms with Crippen LogP contribution in [0.15, 0.2) is 54.6 Å². The molecular formula is C16H13N3O2. The third kappa shape index (κ3) is 2.53. The molecule has 0 unspecified atom stereocenters. The van der Waals surface area contributed by atoms with Crippen LogP contribution in [0.25, 0.3) is 22.4 Å². The summed E-state index contributed by atoms with van der Waals surface area (Å²) in [5.74, 6) is 0.619. The van der Waals surface area contributed by atoms with E-state index >= 15 is 0 Å². The second kappa shape index (κ2) is 5.58. The fourth-order valence-electron chi connectivity index (χ4n) is 2.14. The summed E-state index contributed by atoms with van der Waals surface area (Å²) in [6, 6.07) is 16.9. The van der Waals surface area contributed by atoms with Crippen LogP contribution in [0.2, 0.25) is 0 Å². The first kappa shape index (κ1) is 13.1. The molecule has 1 N–H and O–H groups in total. The number of methoxy groups -OCH3 is 1. The molecule has 0 radical (unpaired) electrons. The number of benzene rings is 2. The van der Waals surface area contributed by atoms with Crippen molar-refractivity contribution >= 4 is 0 Å². The average molecular weight is 279 g/mol. The second-order valence-corrected chi connectivity index (χ2v) is 4.43. The van der Waals surface area contributed by atoms with E-state index in [1.165, 1.54) is 0 Å². The molecule has 0 fully saturated rings. The lowest BCUT2D eigenvalue weighted by atomic mass is 10.0. The summed E-state index contributed by atoms with van der Waals surface area (Å²) in [7, 11) is 1.61. The van der Waals surface area contributed by atoms with Gasteiger partial charge in [0, 0.05) is 5.56 Å². The highest BCUT2D eigenvalue weighted by Gasteiger charge is 2.15. The van der Waals surface area contributed by atoms with Crippen molar-refractivity contribution < 1.29 is 9.84 Å². The lowest BCUT2D eigenvalue weighted by Gasteiger charge is -2.09. The SMILES string of the molecule is COc1ccc(-c2nnnc(O)c2-c2ccccc2)cc1. The van der Waals surface area contributed by atoms with Gasteiger partial charge in [0.1, 0.15) is 11.4 Å². The van der Waals surface area contributed by atoms with Gasteiger partial charge in [0.15, 0.2) is 0 Å². The predicted molar refractivity (Wildman–Crippen MR) is 78.9 cm³/mol. The third-order valence-electron chi connectivity index (χ3n) is 3.17. The molecule has 1 heterocycles. The topological polar surface area (TPSA) is 68.1 Å². The molecule has 3 aromatic rings. The quantitative estimate of drug-likeness (QED) is 0.798. The summed E-state index contributed by atoms with van der Waals surface area (Å²) in [6.45, 7) is 0. The second-order valence-electron chi connectivity index (χ2n) is 4.43. The maximum atomic E-state index is 10.1. The fraction of sp³-hybridized carbons (Fsp3) is 0.0625. The molecule has 104 valence electrons. The molecule has 2 aromatic carbocycles. The van der Waals surface area contributed by atoms with Gasteiger partial charge in [-0.3, -0.25) is 0 Å². The summed E-state index contributed by atoms with van der Waals surface area (Å²) in [5.41, 5.74) is 2.81. The van der Waals surface area contributed by atoms with Gasteiger partial charge in [-0.15, -0.1) is 5.10 Å². The largest absolute Gasteiger partial charge is 0.497 e. The first-order valence-electron chi connectivity index (χ1n) is 6.42. The van der Waals surface area contributed by atoms with E-state index < -0.39 is 0 Å². The number of aromatic nitrogens is 3. The van der Waals surface area contributed by atoms with E-state index in [2.05, 4.69) is 15.4 Å². The van der Waals surface area contributed by atoms with Crippen molar-refractivity contribution in [3.05, 3.63) is 54.6 Å². The van der Waals surface area contributed by atoms with Crippen LogP contribution in [0, 0.1) is 0 Å². The van der Waals surface area contributed by atoms with Gasteiger partial charge in [0.2, 0.25) is 5.88 Å². The Morgan fingerprint density at radius 1 is 0.857 bits per heavy atom. The van der Waals surface area contributed by atoms with Crippen LogP contribution in [-0.4, -0.2) is 27.6 Å². The van der Waals surface area contributed by atoms with Gasteiger partial charge in [-0.25, -0.2) is 0 Å². The molecule has 21 heavy (non-hydrogen) atoms. The Morgan fingerprint density at radius 2 is 1.57 bits per heavy atom. The molecule has 0 saturated heterocycles. The maximum absolute atomic E-state index is 10.1. The van der Waals surface area contributed by atoms with E-state index in [0.717, 1.165) is 16.9 Å². The Kier molecular flexibility index (Phi) is 3.47. The fourth-order valence-corrected chi connectivity index (χ4v) is 2.14. The van der Waals surface area contributed by atoms with Crippen LogP contribution in [0.4, 0.5) is 0 Å². The minimum Gasteiger partial charge on any atom is -0.497 e. The molecule has 5 heteroatoms. The molecule has 0 aliphatic heterocycles. The van der Waals surface area contributed by atoms with Crippen LogP contribution >= 0.6 is 0 Å². The molecule has 5 nitrogen and oxygen atoms in total. The van der Waals surface area contributed by atoms with E-state index in [0.29, 0.717) is 11.3 Å². The number of rotatable bonds is 3. The van der Waals surface area contributed by atoms with Crippen molar-refractivity contribution in [2.45, 2.75) is 0 Å². The van der Waals surface area contributed by atoms with Gasteiger partial charge >= 0.3 is 0 Å². The monoisotopic (exact) mass is 279 g/mol. The van der Waals surface area contributed by atoms with Crippen molar-refractivity contribution in [2.24, 2.45) is 0 Å². The molecule has 0 atom stereocenters. The summed E-state index contributed by atoms with van der Waals surface area (Å²) >= 11 is 0. The van der Waals surface area contributed by atoms with E-state index in [9.17, 15) is 5.11 Å². The van der Waals surface area contributed by atoms with E-state index in [-0.39, 0.29) is 5.88 Å². The van der Waals surface area contributed by atoms with Crippen molar-refractivity contribution in [3.8, 4) is 34.0 Å². The molecule has 0 spiro atoms. The zero-order valence-corrected chi connectivity index (χ0v) is 11.4. The van der Waals surface area contributed by atoms with Gasteiger partial charge in [-0.2, -0.15) is 0 Å². The predicted octanol–water partition coefficient (Wildman–Crippen LogP) is 2.92. The number of hydrogen-bond donors (Lipinski definition) is 1. The average Bonchev–Trinajstić information content (AvgIpc) is 2.55. The van der Waals surface area contributed by atoms with Gasteiger partial charge in [-0.1, -0.05) is 35.4 Å². The van der Waals surface area contributed by atoms with Gasteiger partial charge in [0.05, 0.1) is 12.7 Å². The third-order valence-corrected chi connectivity index (χ3v) is 3.17. The number of aromatic hydroxyl groups is 1. The van der Waals surface area contributed by atoms with Crippen LogP contribution in [0.3, 0.4) is 0 Å². The van der Waals surface area contributed by atoms with E-state index in [1.54, 1.807) is 7.11 Å². The molecule has 0 aliphatic carbocycles. The number of ether oxygens (including phenoxy) is 1. The molecule has 3 rings (SSSR count). The standard InChI is InChI=1S/C16H13N3O2/c1-21-13-9-7-12(8-10-13)15-14(16(20)18-19-17-15)11-5-3-2-4-6-11/h2-10H,1H3,(H,17,18,20). The molecule has 1 aromatic heterocycles. The first-order valence-corrected chi connectivity index (χ1v) is 6.42. The Labute approximate surface area is 121 Å². The summed E-state index contributed by atoms with van der Waals surface area (Å²) in [4.78, 5) is 0. The molecule has 0 aliphatic rings. The minimum atomic E-state index is -0.137. The van der Waals surface area contributed by atoms with Gasteiger partial charge in [0.25, 0.3) is 0 Å². The lowest BCUT2D eigenvalue weighted by Crippen LogP contribution is -1.96. The summed E-state index contributed by atoms with van der Waals surface area (Å²) < 4.78 is 5.15.